The minimum absolute atomic E-state index is 0.0480. The summed E-state index contributed by atoms with van der Waals surface area (Å²) in [6, 6.07) is 0. The molecule has 1 N–H and O–H groups in total. The van der Waals surface area contributed by atoms with Crippen molar-refractivity contribution in [1.82, 2.24) is 14.9 Å². The van der Waals surface area contributed by atoms with Crippen molar-refractivity contribution in [3.8, 4) is 0 Å². The lowest BCUT2D eigenvalue weighted by atomic mass is 10.1. The van der Waals surface area contributed by atoms with Gasteiger partial charge in [0.2, 0.25) is 17.7 Å². The average molecular weight is 325 g/mol. The van der Waals surface area contributed by atoms with Gasteiger partial charge in [-0.1, -0.05) is 19.8 Å². The normalized spacial score (nSPS) is 23.0. The molecule has 130 valence electrons. The molecule has 2 rings (SSSR count). The van der Waals surface area contributed by atoms with Gasteiger partial charge in [-0.15, -0.1) is 0 Å². The fourth-order valence-corrected chi connectivity index (χ4v) is 3.09. The smallest absolute Gasteiger partial charge is 0.232 e. The van der Waals surface area contributed by atoms with E-state index < -0.39 is 0 Å². The number of unbranched alkanes of at least 4 members (excludes halogenated alkanes) is 3. The van der Waals surface area contributed by atoms with Gasteiger partial charge in [-0.05, 0) is 12.8 Å². The topological polar surface area (TPSA) is 81.2 Å². The summed E-state index contributed by atoms with van der Waals surface area (Å²) in [6.07, 6.45) is 4.36. The summed E-state index contributed by atoms with van der Waals surface area (Å²) in [5, 5.41) is 10.5. The molecule has 0 radical (unpaired) electrons. The van der Waals surface area contributed by atoms with Crippen LogP contribution in [0.3, 0.4) is 0 Å². The number of imide groups is 1. The maximum absolute atomic E-state index is 12.0. The molecular weight excluding hydrogens is 298 g/mol. The predicted molar refractivity (Wildman–Crippen MR) is 83.5 cm³/mol. The fourth-order valence-electron chi connectivity index (χ4n) is 3.09. The maximum Gasteiger partial charge on any atom is 0.232 e. The van der Waals surface area contributed by atoms with Crippen LogP contribution in [-0.2, 0) is 14.4 Å². The summed E-state index contributed by atoms with van der Waals surface area (Å²) in [6.45, 7) is 4.51. The number of amides is 3. The number of piperazine rings is 1. The first-order valence-corrected chi connectivity index (χ1v) is 8.55. The van der Waals surface area contributed by atoms with Crippen molar-refractivity contribution in [3.05, 3.63) is 0 Å². The van der Waals surface area contributed by atoms with Crippen LogP contribution in [0.25, 0.3) is 0 Å². The van der Waals surface area contributed by atoms with Crippen LogP contribution < -0.4 is 0 Å². The zero-order valence-electron chi connectivity index (χ0n) is 13.9. The van der Waals surface area contributed by atoms with E-state index in [1.165, 1.54) is 9.96 Å². The Labute approximate surface area is 137 Å². The summed E-state index contributed by atoms with van der Waals surface area (Å²) in [7, 11) is 0. The maximum atomic E-state index is 12.0. The van der Waals surface area contributed by atoms with Gasteiger partial charge in [0.15, 0.2) is 0 Å². The molecule has 0 aliphatic carbocycles. The Hall–Kier alpha value is -1.47. The van der Waals surface area contributed by atoms with Crippen LogP contribution in [0.5, 0.6) is 0 Å². The van der Waals surface area contributed by atoms with E-state index >= 15 is 0 Å². The lowest BCUT2D eigenvalue weighted by Gasteiger charge is -2.31. The minimum atomic E-state index is -0.167. The molecule has 0 bridgehead atoms. The molecule has 2 saturated heterocycles. The molecule has 2 aliphatic heterocycles. The van der Waals surface area contributed by atoms with Crippen molar-refractivity contribution < 1.29 is 19.6 Å². The zero-order valence-corrected chi connectivity index (χ0v) is 13.9. The van der Waals surface area contributed by atoms with Gasteiger partial charge in [0.1, 0.15) is 0 Å². The van der Waals surface area contributed by atoms with E-state index in [1.54, 1.807) is 11.8 Å². The molecule has 23 heavy (non-hydrogen) atoms. The molecule has 7 heteroatoms. The number of carbonyl (C=O) groups excluding carboxylic acids is 3. The first kappa shape index (κ1) is 17.9. The largest absolute Gasteiger partial charge is 0.340 e. The van der Waals surface area contributed by atoms with E-state index in [-0.39, 0.29) is 23.6 Å². The lowest BCUT2D eigenvalue weighted by molar-refractivity contribution is -0.146. The quantitative estimate of drug-likeness (QED) is 0.555. The second-order valence-electron chi connectivity index (χ2n) is 6.49. The van der Waals surface area contributed by atoms with Gasteiger partial charge in [0, 0.05) is 51.5 Å². The summed E-state index contributed by atoms with van der Waals surface area (Å²) in [5.74, 6) is -0.120. The Morgan fingerprint density at radius 3 is 2.35 bits per heavy atom. The number of hydroxylamine groups is 2. The molecule has 3 amide bonds. The zero-order chi connectivity index (χ0) is 16.8. The third kappa shape index (κ3) is 5.00. The van der Waals surface area contributed by atoms with Crippen LogP contribution in [-0.4, -0.2) is 70.5 Å². The Morgan fingerprint density at radius 1 is 1.09 bits per heavy atom. The number of rotatable bonds is 7. The third-order valence-electron chi connectivity index (χ3n) is 4.60. The Balaban J connectivity index is 1.53. The highest BCUT2D eigenvalue weighted by molar-refractivity contribution is 6.03. The molecule has 1 atom stereocenters. The highest BCUT2D eigenvalue weighted by Gasteiger charge is 2.34. The molecule has 2 aliphatic rings. The Morgan fingerprint density at radius 2 is 1.74 bits per heavy atom. The second kappa shape index (κ2) is 8.40. The van der Waals surface area contributed by atoms with Crippen molar-refractivity contribution in [1.29, 1.82) is 0 Å². The first-order chi connectivity index (χ1) is 11.0. The number of nitrogens with zero attached hydrogens (tertiary/aromatic N) is 3. The molecule has 2 heterocycles. The minimum Gasteiger partial charge on any atom is -0.340 e. The van der Waals surface area contributed by atoms with E-state index in [4.69, 9.17) is 0 Å². The van der Waals surface area contributed by atoms with Gasteiger partial charge >= 0.3 is 0 Å². The van der Waals surface area contributed by atoms with Crippen LogP contribution in [0.2, 0.25) is 0 Å². The molecule has 0 spiro atoms. The SMILES string of the molecule is CC1CC(=O)N(CCCCCCC(=O)N2CCN(O)CC2)C1=O. The van der Waals surface area contributed by atoms with Crippen LogP contribution in [0, 0.1) is 5.92 Å². The van der Waals surface area contributed by atoms with Crippen molar-refractivity contribution in [3.63, 3.8) is 0 Å². The average Bonchev–Trinajstić information content (AvgIpc) is 2.77. The van der Waals surface area contributed by atoms with E-state index in [0.29, 0.717) is 45.6 Å². The number of hydrogen-bond acceptors (Lipinski definition) is 5. The highest BCUT2D eigenvalue weighted by Crippen LogP contribution is 2.19. The summed E-state index contributed by atoms with van der Waals surface area (Å²) >= 11 is 0. The fraction of sp³-hybridized carbons (Fsp3) is 0.812. The first-order valence-electron chi connectivity index (χ1n) is 8.55. The second-order valence-corrected chi connectivity index (χ2v) is 6.49. The summed E-state index contributed by atoms with van der Waals surface area (Å²) < 4.78 is 0. The number of hydrogen-bond donors (Lipinski definition) is 1. The van der Waals surface area contributed by atoms with Gasteiger partial charge < -0.3 is 10.1 Å². The predicted octanol–water partition coefficient (Wildman–Crippen LogP) is 0.865. The molecule has 0 aromatic rings. The van der Waals surface area contributed by atoms with E-state index in [0.717, 1.165) is 25.7 Å². The van der Waals surface area contributed by atoms with Crippen molar-refractivity contribution in [2.45, 2.75) is 45.4 Å². The Kier molecular flexibility index (Phi) is 6.53. The van der Waals surface area contributed by atoms with E-state index in [9.17, 15) is 19.6 Å². The number of carbonyl (C=O) groups is 3. The molecule has 1 unspecified atom stereocenters. The highest BCUT2D eigenvalue weighted by atomic mass is 16.5. The van der Waals surface area contributed by atoms with Gasteiger partial charge in [0.05, 0.1) is 0 Å². The van der Waals surface area contributed by atoms with Crippen LogP contribution in [0.15, 0.2) is 0 Å². The molecule has 0 aromatic heterocycles. The molecule has 2 fully saturated rings. The van der Waals surface area contributed by atoms with Gasteiger partial charge in [-0.3, -0.25) is 19.3 Å². The van der Waals surface area contributed by atoms with Gasteiger partial charge in [-0.25, -0.2) is 0 Å². The summed E-state index contributed by atoms with van der Waals surface area (Å²) in [5.41, 5.74) is 0. The molecule has 0 saturated carbocycles. The van der Waals surface area contributed by atoms with Crippen LogP contribution in [0.1, 0.15) is 45.4 Å². The standard InChI is InChI=1S/C16H27N3O4/c1-13-12-15(21)19(16(13)22)7-5-3-2-4-6-14(20)17-8-10-18(23)11-9-17/h13,23H,2-12H2,1H3. The van der Waals surface area contributed by atoms with Crippen molar-refractivity contribution in [2.75, 3.05) is 32.7 Å². The van der Waals surface area contributed by atoms with Crippen LogP contribution >= 0.6 is 0 Å². The number of likely N-dealkylation sites (tertiary alicyclic amines) is 1. The van der Waals surface area contributed by atoms with Gasteiger partial charge in [0.25, 0.3) is 0 Å². The third-order valence-corrected chi connectivity index (χ3v) is 4.60. The van der Waals surface area contributed by atoms with Crippen LogP contribution in [0.4, 0.5) is 0 Å². The lowest BCUT2D eigenvalue weighted by Crippen LogP contribution is -2.47. The molecule has 0 aromatic carbocycles. The molecular formula is C16H27N3O4. The van der Waals surface area contributed by atoms with Crippen molar-refractivity contribution in [2.24, 2.45) is 5.92 Å². The molecule has 7 nitrogen and oxygen atoms in total. The van der Waals surface area contributed by atoms with E-state index in [1.807, 2.05) is 0 Å². The van der Waals surface area contributed by atoms with Crippen molar-refractivity contribution >= 4 is 17.7 Å². The monoisotopic (exact) mass is 325 g/mol. The van der Waals surface area contributed by atoms with E-state index in [2.05, 4.69) is 0 Å². The van der Waals surface area contributed by atoms with Gasteiger partial charge in [-0.2, -0.15) is 5.06 Å². The summed E-state index contributed by atoms with van der Waals surface area (Å²) in [4.78, 5) is 38.6. The Bertz CT molecular complexity index is 447.